The topological polar surface area (TPSA) is 43.1 Å². The summed E-state index contributed by atoms with van der Waals surface area (Å²) in [5.41, 5.74) is 0.692. The Morgan fingerprint density at radius 2 is 2.27 bits per heavy atom. The van der Waals surface area contributed by atoms with E-state index in [0.29, 0.717) is 5.02 Å². The minimum atomic E-state index is -0.522. The van der Waals surface area contributed by atoms with Crippen molar-refractivity contribution in [3.05, 3.63) is 38.9 Å². The second kappa shape index (κ2) is 2.88. The summed E-state index contributed by atoms with van der Waals surface area (Å²) < 4.78 is 0. The Balaban J connectivity index is 3.15. The Morgan fingerprint density at radius 1 is 1.64 bits per heavy atom. The zero-order valence-corrected chi connectivity index (χ0v) is 6.55. The molecule has 0 spiro atoms. The summed E-state index contributed by atoms with van der Waals surface area (Å²) in [5.74, 6) is 0. The van der Waals surface area contributed by atoms with Crippen LogP contribution in [0.1, 0.15) is 5.56 Å². The maximum atomic E-state index is 10.2. The van der Waals surface area contributed by atoms with Gasteiger partial charge in [-0.05, 0) is 12.5 Å². The number of benzene rings is 1. The van der Waals surface area contributed by atoms with Crippen LogP contribution in [0.15, 0.2) is 12.1 Å². The molecule has 0 atom stereocenters. The van der Waals surface area contributed by atoms with Crippen LogP contribution in [0.3, 0.4) is 0 Å². The number of nitro groups is 1. The Labute approximate surface area is 68.8 Å². The predicted octanol–water partition coefficient (Wildman–Crippen LogP) is 2.36. The molecule has 4 heteroatoms. The SMILES string of the molecule is Cc1ccc([N+](=O)[O-])[c]c1Cl. The van der Waals surface area contributed by atoms with Gasteiger partial charge in [0.15, 0.2) is 0 Å². The van der Waals surface area contributed by atoms with E-state index < -0.39 is 4.92 Å². The van der Waals surface area contributed by atoms with Crippen LogP contribution in [0, 0.1) is 23.1 Å². The van der Waals surface area contributed by atoms with Crippen LogP contribution >= 0.6 is 11.6 Å². The van der Waals surface area contributed by atoms with Gasteiger partial charge in [-0.25, -0.2) is 0 Å². The van der Waals surface area contributed by atoms with Crippen molar-refractivity contribution in [1.29, 1.82) is 0 Å². The van der Waals surface area contributed by atoms with Gasteiger partial charge in [-0.15, -0.1) is 0 Å². The Bertz CT molecular complexity index is 298. The van der Waals surface area contributed by atoms with E-state index >= 15 is 0 Å². The summed E-state index contributed by atoms with van der Waals surface area (Å²) in [6.45, 7) is 1.77. The summed E-state index contributed by atoms with van der Waals surface area (Å²) in [5, 5.41) is 10.5. The van der Waals surface area contributed by atoms with E-state index in [1.807, 2.05) is 0 Å². The van der Waals surface area contributed by atoms with Crippen molar-refractivity contribution in [1.82, 2.24) is 0 Å². The van der Waals surface area contributed by atoms with Crippen molar-refractivity contribution in [2.75, 3.05) is 0 Å². The van der Waals surface area contributed by atoms with E-state index in [0.717, 1.165) is 5.56 Å². The van der Waals surface area contributed by atoms with Crippen LogP contribution in [0.5, 0.6) is 0 Å². The lowest BCUT2D eigenvalue weighted by Gasteiger charge is -1.94. The quantitative estimate of drug-likeness (QED) is 0.480. The molecule has 0 saturated heterocycles. The van der Waals surface area contributed by atoms with Crippen molar-refractivity contribution in [2.45, 2.75) is 6.92 Å². The Morgan fingerprint density at radius 3 is 2.73 bits per heavy atom. The number of hydrogen-bond donors (Lipinski definition) is 0. The highest BCUT2D eigenvalue weighted by Crippen LogP contribution is 2.19. The van der Waals surface area contributed by atoms with Crippen LogP contribution in [0.25, 0.3) is 0 Å². The molecule has 1 radical (unpaired) electrons. The summed E-state index contributed by atoms with van der Waals surface area (Å²) in [4.78, 5) is 9.66. The number of nitrogens with zero attached hydrogens (tertiary/aromatic N) is 1. The molecule has 1 aromatic carbocycles. The van der Waals surface area contributed by atoms with Gasteiger partial charge >= 0.3 is 0 Å². The van der Waals surface area contributed by atoms with Crippen LogP contribution in [-0.4, -0.2) is 4.92 Å². The summed E-state index contributed by atoms with van der Waals surface area (Å²) in [6, 6.07) is 5.41. The van der Waals surface area contributed by atoms with Crippen molar-refractivity contribution in [2.24, 2.45) is 0 Å². The maximum absolute atomic E-state index is 10.2. The molecule has 0 unspecified atom stereocenters. The van der Waals surface area contributed by atoms with Gasteiger partial charge in [0, 0.05) is 6.07 Å². The lowest BCUT2D eigenvalue weighted by atomic mass is 10.2. The van der Waals surface area contributed by atoms with Gasteiger partial charge in [0.2, 0.25) is 0 Å². The molecule has 0 aliphatic carbocycles. The van der Waals surface area contributed by atoms with Crippen LogP contribution in [0.4, 0.5) is 5.69 Å². The third kappa shape index (κ3) is 1.68. The van der Waals surface area contributed by atoms with Gasteiger partial charge in [-0.3, -0.25) is 10.1 Å². The second-order valence-electron chi connectivity index (χ2n) is 2.10. The fourth-order valence-corrected chi connectivity index (χ4v) is 0.796. The third-order valence-electron chi connectivity index (χ3n) is 1.27. The van der Waals surface area contributed by atoms with E-state index in [2.05, 4.69) is 6.07 Å². The molecule has 0 N–H and O–H groups in total. The van der Waals surface area contributed by atoms with Gasteiger partial charge < -0.3 is 0 Å². The molecule has 11 heavy (non-hydrogen) atoms. The molecular weight excluding hydrogens is 166 g/mol. The molecule has 0 heterocycles. The van der Waals surface area contributed by atoms with Crippen molar-refractivity contribution in [3.63, 3.8) is 0 Å². The van der Waals surface area contributed by atoms with E-state index in [9.17, 15) is 10.1 Å². The number of aryl methyl sites for hydroxylation is 1. The largest absolute Gasteiger partial charge is 0.279 e. The van der Waals surface area contributed by atoms with Gasteiger partial charge in [-0.2, -0.15) is 0 Å². The van der Waals surface area contributed by atoms with E-state index in [4.69, 9.17) is 11.6 Å². The molecule has 0 aliphatic rings. The summed E-state index contributed by atoms with van der Waals surface area (Å²) in [6.07, 6.45) is 0. The van der Waals surface area contributed by atoms with Crippen LogP contribution < -0.4 is 0 Å². The highest BCUT2D eigenvalue weighted by Gasteiger charge is 2.06. The standard InChI is InChI=1S/C7H5ClNO2/c1-5-2-3-6(9(10)11)4-7(5)8/h2-3H,1H3. The minimum absolute atomic E-state index is 0.0967. The molecule has 0 amide bonds. The summed E-state index contributed by atoms with van der Waals surface area (Å²) in [7, 11) is 0. The first kappa shape index (κ1) is 8.01. The number of halogens is 1. The van der Waals surface area contributed by atoms with Gasteiger partial charge in [0.25, 0.3) is 5.69 Å². The maximum Gasteiger partial charge on any atom is 0.279 e. The van der Waals surface area contributed by atoms with Crippen molar-refractivity contribution in [3.8, 4) is 0 Å². The summed E-state index contributed by atoms with van der Waals surface area (Å²) >= 11 is 5.60. The number of non-ortho nitro benzene ring substituents is 1. The molecule has 0 saturated carbocycles. The van der Waals surface area contributed by atoms with Gasteiger partial charge in [0.1, 0.15) is 0 Å². The lowest BCUT2D eigenvalue weighted by molar-refractivity contribution is -0.385. The van der Waals surface area contributed by atoms with E-state index in [1.54, 1.807) is 13.0 Å². The average molecular weight is 171 g/mol. The fourth-order valence-electron chi connectivity index (χ4n) is 0.636. The van der Waals surface area contributed by atoms with Crippen LogP contribution in [-0.2, 0) is 0 Å². The van der Waals surface area contributed by atoms with E-state index in [1.165, 1.54) is 6.07 Å². The highest BCUT2D eigenvalue weighted by molar-refractivity contribution is 6.31. The van der Waals surface area contributed by atoms with Crippen molar-refractivity contribution >= 4 is 17.3 Å². The Hall–Kier alpha value is -1.09. The minimum Gasteiger partial charge on any atom is -0.258 e. The molecule has 0 bridgehead atoms. The average Bonchev–Trinajstić information content (AvgIpc) is 1.94. The molecule has 0 aliphatic heterocycles. The molecule has 0 aromatic heterocycles. The number of nitro benzene ring substituents is 1. The van der Waals surface area contributed by atoms with Gasteiger partial charge in [0.05, 0.1) is 16.0 Å². The number of hydrogen-bond acceptors (Lipinski definition) is 2. The second-order valence-corrected chi connectivity index (χ2v) is 2.48. The van der Waals surface area contributed by atoms with E-state index in [-0.39, 0.29) is 5.69 Å². The fraction of sp³-hybridized carbons (Fsp3) is 0.143. The molecule has 57 valence electrons. The lowest BCUT2D eigenvalue weighted by Crippen LogP contribution is -1.88. The first-order valence-corrected chi connectivity index (χ1v) is 3.32. The zero-order chi connectivity index (χ0) is 8.43. The molecule has 3 nitrogen and oxygen atoms in total. The molecular formula is C7H5ClNO2. The highest BCUT2D eigenvalue weighted by atomic mass is 35.5. The zero-order valence-electron chi connectivity index (χ0n) is 5.80. The molecule has 1 rings (SSSR count). The smallest absolute Gasteiger partial charge is 0.258 e. The molecule has 1 aromatic rings. The monoisotopic (exact) mass is 170 g/mol. The predicted molar refractivity (Wildman–Crippen MR) is 41.7 cm³/mol. The number of rotatable bonds is 1. The first-order valence-electron chi connectivity index (χ1n) is 2.94. The third-order valence-corrected chi connectivity index (χ3v) is 1.66. The van der Waals surface area contributed by atoms with Crippen molar-refractivity contribution < 1.29 is 4.92 Å². The molecule has 0 fully saturated rings. The Kier molecular flexibility index (Phi) is 2.10. The first-order chi connectivity index (χ1) is 5.11. The van der Waals surface area contributed by atoms with Crippen LogP contribution in [0.2, 0.25) is 5.02 Å². The van der Waals surface area contributed by atoms with Gasteiger partial charge in [-0.1, -0.05) is 17.7 Å². The normalized spacial score (nSPS) is 9.64.